The second-order valence-corrected chi connectivity index (χ2v) is 4.91. The van der Waals surface area contributed by atoms with Crippen LogP contribution in [0, 0.1) is 11.8 Å². The Hall–Kier alpha value is -1.40. The molecule has 0 saturated carbocycles. The number of halogens is 3. The first-order valence-corrected chi connectivity index (χ1v) is 6.59. The maximum atomic E-state index is 12.3. The third kappa shape index (κ3) is 4.82. The van der Waals surface area contributed by atoms with Crippen molar-refractivity contribution >= 4 is 18.3 Å². The summed E-state index contributed by atoms with van der Waals surface area (Å²) in [6.45, 7) is 0.889. The number of hydrogen-bond donors (Lipinski definition) is 2. The van der Waals surface area contributed by atoms with Crippen LogP contribution in [0.1, 0.15) is 12.5 Å². The number of nitrogens with one attached hydrogen (secondary N) is 2. The molecule has 1 fully saturated rings. The van der Waals surface area contributed by atoms with Gasteiger partial charge in [0.05, 0.1) is 0 Å². The fraction of sp³-hybridized carbons (Fsp3) is 0.500. The number of para-hydroxylation sites is 1. The number of benzene rings is 1. The predicted octanol–water partition coefficient (Wildman–Crippen LogP) is 2.18. The van der Waals surface area contributed by atoms with Crippen molar-refractivity contribution in [2.24, 2.45) is 11.8 Å². The zero-order valence-electron chi connectivity index (χ0n) is 11.6. The molecular formula is C14H19ClF2N2O2. The van der Waals surface area contributed by atoms with Crippen molar-refractivity contribution in [3.63, 3.8) is 0 Å². The van der Waals surface area contributed by atoms with E-state index in [0.717, 1.165) is 13.1 Å². The predicted molar refractivity (Wildman–Crippen MR) is 77.7 cm³/mol. The van der Waals surface area contributed by atoms with Gasteiger partial charge in [0.15, 0.2) is 0 Å². The summed E-state index contributed by atoms with van der Waals surface area (Å²) in [5, 5.41) is 5.89. The second kappa shape index (κ2) is 8.14. The van der Waals surface area contributed by atoms with Crippen LogP contribution in [0.3, 0.4) is 0 Å². The first-order chi connectivity index (χ1) is 9.58. The highest BCUT2D eigenvalue weighted by atomic mass is 35.5. The molecule has 1 aromatic carbocycles. The van der Waals surface area contributed by atoms with Gasteiger partial charge in [0.1, 0.15) is 5.75 Å². The van der Waals surface area contributed by atoms with E-state index in [-0.39, 0.29) is 36.5 Å². The molecule has 2 rings (SSSR count). The van der Waals surface area contributed by atoms with E-state index in [0.29, 0.717) is 11.5 Å². The molecule has 1 unspecified atom stereocenters. The quantitative estimate of drug-likeness (QED) is 0.844. The molecular weight excluding hydrogens is 302 g/mol. The molecule has 0 radical (unpaired) electrons. The zero-order chi connectivity index (χ0) is 14.5. The lowest BCUT2D eigenvalue weighted by Crippen LogP contribution is -2.49. The molecule has 1 amide bonds. The summed E-state index contributed by atoms with van der Waals surface area (Å²) in [5.74, 6) is 0.297. The van der Waals surface area contributed by atoms with Crippen molar-refractivity contribution in [1.82, 2.24) is 10.6 Å². The van der Waals surface area contributed by atoms with Crippen LogP contribution in [0.25, 0.3) is 0 Å². The van der Waals surface area contributed by atoms with E-state index < -0.39 is 6.61 Å². The van der Waals surface area contributed by atoms with Gasteiger partial charge in [-0.25, -0.2) is 0 Å². The minimum Gasteiger partial charge on any atom is -0.434 e. The van der Waals surface area contributed by atoms with Crippen LogP contribution in [-0.2, 0) is 11.3 Å². The van der Waals surface area contributed by atoms with Crippen molar-refractivity contribution in [3.05, 3.63) is 29.8 Å². The van der Waals surface area contributed by atoms with E-state index in [1.165, 1.54) is 6.07 Å². The van der Waals surface area contributed by atoms with Gasteiger partial charge in [-0.05, 0) is 25.1 Å². The fourth-order valence-corrected chi connectivity index (χ4v) is 2.08. The number of hydrogen-bond acceptors (Lipinski definition) is 3. The molecule has 4 nitrogen and oxygen atoms in total. The summed E-state index contributed by atoms with van der Waals surface area (Å²) in [7, 11) is 0. The summed E-state index contributed by atoms with van der Waals surface area (Å²) in [4.78, 5) is 12.0. The highest BCUT2D eigenvalue weighted by molar-refractivity contribution is 5.85. The van der Waals surface area contributed by atoms with Crippen molar-refractivity contribution in [2.45, 2.75) is 20.1 Å². The number of alkyl halides is 2. The smallest absolute Gasteiger partial charge is 0.387 e. The zero-order valence-corrected chi connectivity index (χ0v) is 12.5. The third-order valence-electron chi connectivity index (χ3n) is 3.58. The molecule has 1 aliphatic rings. The molecule has 0 spiro atoms. The number of rotatable bonds is 6. The Bertz CT molecular complexity index is 470. The Kier molecular flexibility index (Phi) is 6.84. The van der Waals surface area contributed by atoms with Gasteiger partial charge in [-0.2, -0.15) is 8.78 Å². The largest absolute Gasteiger partial charge is 0.434 e. The van der Waals surface area contributed by atoms with Crippen LogP contribution in [-0.4, -0.2) is 25.6 Å². The van der Waals surface area contributed by atoms with Gasteiger partial charge in [-0.3, -0.25) is 4.79 Å². The minimum atomic E-state index is -2.87. The van der Waals surface area contributed by atoms with Gasteiger partial charge >= 0.3 is 6.61 Å². The molecule has 21 heavy (non-hydrogen) atoms. The molecule has 7 heteroatoms. The maximum absolute atomic E-state index is 12.3. The second-order valence-electron chi connectivity index (χ2n) is 4.91. The number of amides is 1. The molecule has 1 aromatic rings. The Balaban J connectivity index is 0.00000220. The lowest BCUT2D eigenvalue weighted by Gasteiger charge is -2.31. The average molecular weight is 321 g/mol. The number of carbonyl (C=O) groups excluding carboxylic acids is 1. The van der Waals surface area contributed by atoms with Gasteiger partial charge in [0, 0.05) is 18.0 Å². The van der Waals surface area contributed by atoms with Gasteiger partial charge in [0.2, 0.25) is 5.91 Å². The summed E-state index contributed by atoms with van der Waals surface area (Å²) in [5.41, 5.74) is 0.542. The van der Waals surface area contributed by atoms with E-state index in [1.54, 1.807) is 18.2 Å². The van der Waals surface area contributed by atoms with E-state index in [2.05, 4.69) is 15.4 Å². The summed E-state index contributed by atoms with van der Waals surface area (Å²) < 4.78 is 29.0. The average Bonchev–Trinajstić information content (AvgIpc) is 2.34. The lowest BCUT2D eigenvalue weighted by molar-refractivity contribution is -0.126. The monoisotopic (exact) mass is 320 g/mol. The normalized spacial score (nSPS) is 15.8. The van der Waals surface area contributed by atoms with Crippen LogP contribution in [0.15, 0.2) is 24.3 Å². The Labute approximate surface area is 128 Å². The standard InChI is InChI=1S/C14H18F2N2O2.ClH/c1-9(11-6-17-7-11)13(19)18-8-10-4-2-3-5-12(10)20-14(15)16;/h2-5,9,11,14,17H,6-8H2,1H3,(H,18,19);1H. The Morgan fingerprint density at radius 1 is 1.43 bits per heavy atom. The van der Waals surface area contributed by atoms with Crippen molar-refractivity contribution in [1.29, 1.82) is 0 Å². The van der Waals surface area contributed by atoms with Crippen LogP contribution >= 0.6 is 12.4 Å². The highest BCUT2D eigenvalue weighted by Gasteiger charge is 2.28. The molecule has 0 aromatic heterocycles. The topological polar surface area (TPSA) is 50.4 Å². The first kappa shape index (κ1) is 17.7. The summed E-state index contributed by atoms with van der Waals surface area (Å²) in [6.07, 6.45) is 0. The number of carbonyl (C=O) groups is 1. The van der Waals surface area contributed by atoms with Crippen molar-refractivity contribution in [2.75, 3.05) is 13.1 Å². The summed E-state index contributed by atoms with van der Waals surface area (Å²) >= 11 is 0. The summed E-state index contributed by atoms with van der Waals surface area (Å²) in [6, 6.07) is 6.46. The lowest BCUT2D eigenvalue weighted by atomic mass is 9.88. The molecule has 118 valence electrons. The van der Waals surface area contributed by atoms with Crippen LogP contribution < -0.4 is 15.4 Å². The van der Waals surface area contributed by atoms with E-state index in [1.807, 2.05) is 6.92 Å². The minimum absolute atomic E-state index is 0. The SMILES string of the molecule is CC(C(=O)NCc1ccccc1OC(F)F)C1CNC1.Cl. The molecule has 2 N–H and O–H groups in total. The molecule has 1 heterocycles. The third-order valence-corrected chi connectivity index (χ3v) is 3.58. The molecule has 1 atom stereocenters. The van der Waals surface area contributed by atoms with E-state index in [4.69, 9.17) is 0 Å². The molecule has 1 aliphatic heterocycles. The fourth-order valence-electron chi connectivity index (χ4n) is 2.08. The molecule has 1 saturated heterocycles. The maximum Gasteiger partial charge on any atom is 0.387 e. The van der Waals surface area contributed by atoms with Gasteiger partial charge in [0.25, 0.3) is 0 Å². The molecule has 0 aliphatic carbocycles. The Morgan fingerprint density at radius 3 is 2.67 bits per heavy atom. The van der Waals surface area contributed by atoms with Crippen molar-refractivity contribution in [3.8, 4) is 5.75 Å². The van der Waals surface area contributed by atoms with Crippen LogP contribution in [0.4, 0.5) is 8.78 Å². The van der Waals surface area contributed by atoms with E-state index in [9.17, 15) is 13.6 Å². The van der Waals surface area contributed by atoms with Crippen LogP contribution in [0.5, 0.6) is 5.75 Å². The van der Waals surface area contributed by atoms with Gasteiger partial charge in [-0.15, -0.1) is 12.4 Å². The number of ether oxygens (including phenoxy) is 1. The van der Waals surface area contributed by atoms with Gasteiger partial charge < -0.3 is 15.4 Å². The Morgan fingerprint density at radius 2 is 2.10 bits per heavy atom. The van der Waals surface area contributed by atoms with Crippen LogP contribution in [0.2, 0.25) is 0 Å². The molecule has 0 bridgehead atoms. The van der Waals surface area contributed by atoms with E-state index >= 15 is 0 Å². The van der Waals surface area contributed by atoms with Gasteiger partial charge in [-0.1, -0.05) is 25.1 Å². The first-order valence-electron chi connectivity index (χ1n) is 6.59. The highest BCUT2D eigenvalue weighted by Crippen LogP contribution is 2.21. The van der Waals surface area contributed by atoms with Crippen molar-refractivity contribution < 1.29 is 18.3 Å².